The van der Waals surface area contributed by atoms with Gasteiger partial charge in [0.1, 0.15) is 0 Å². The number of rotatable bonds is 4. The number of ether oxygens (including phenoxy) is 1. The van der Waals surface area contributed by atoms with E-state index in [1.165, 1.54) is 0 Å². The second-order valence-electron chi connectivity index (χ2n) is 4.77. The number of hydrogen-bond acceptors (Lipinski definition) is 4. The third kappa shape index (κ3) is 3.23. The van der Waals surface area contributed by atoms with Crippen molar-refractivity contribution in [1.29, 1.82) is 0 Å². The van der Waals surface area contributed by atoms with Gasteiger partial charge in [0, 0.05) is 5.39 Å². The Hall–Kier alpha value is -2.87. The molecule has 0 aliphatic heterocycles. The lowest BCUT2D eigenvalue weighted by Gasteiger charge is -2.11. The molecule has 0 saturated heterocycles. The van der Waals surface area contributed by atoms with E-state index in [9.17, 15) is 9.59 Å². The van der Waals surface area contributed by atoms with Crippen molar-refractivity contribution in [2.45, 2.75) is 13.8 Å². The molecule has 0 saturated carbocycles. The highest BCUT2D eigenvalue weighted by Gasteiger charge is 2.18. The molecule has 0 fully saturated rings. The van der Waals surface area contributed by atoms with Gasteiger partial charge in [0.05, 0.1) is 23.3 Å². The molecule has 0 spiro atoms. The number of terminal acetylenes is 1. The van der Waals surface area contributed by atoms with E-state index in [4.69, 9.17) is 11.2 Å². The Kier molecular flexibility index (Phi) is 4.74. The fourth-order valence-corrected chi connectivity index (χ4v) is 2.24. The van der Waals surface area contributed by atoms with E-state index in [1.807, 2.05) is 31.2 Å². The third-order valence-corrected chi connectivity index (χ3v) is 3.26. The number of nitrogens with one attached hydrogen (secondary N) is 1. The summed E-state index contributed by atoms with van der Waals surface area (Å²) in [7, 11) is 0. The molecule has 0 bridgehead atoms. The summed E-state index contributed by atoms with van der Waals surface area (Å²) in [5.74, 6) is 1.27. The smallest absolute Gasteiger partial charge is 0.340 e. The molecule has 0 atom stereocenters. The van der Waals surface area contributed by atoms with Gasteiger partial charge in [0.15, 0.2) is 6.61 Å². The Morgan fingerprint density at radius 3 is 2.77 bits per heavy atom. The number of carbonyl (C=O) groups is 2. The van der Waals surface area contributed by atoms with E-state index in [0.717, 1.165) is 16.5 Å². The standard InChI is InChI=1S/C17H16N2O3/c1-4-9-18-15(20)10-22-17(21)16-11(2)13-7-5-6-8-14(13)19-12(16)3/h1,5-8H,9-10H2,2-3H3,(H,18,20). The molecule has 1 N–H and O–H groups in total. The lowest BCUT2D eigenvalue weighted by molar-refractivity contribution is -0.123. The van der Waals surface area contributed by atoms with Gasteiger partial charge in [-0.15, -0.1) is 6.42 Å². The van der Waals surface area contributed by atoms with E-state index in [0.29, 0.717) is 11.3 Å². The van der Waals surface area contributed by atoms with Gasteiger partial charge in [0.25, 0.3) is 5.91 Å². The first-order valence-electron chi connectivity index (χ1n) is 6.77. The van der Waals surface area contributed by atoms with Crippen molar-refractivity contribution in [3.63, 3.8) is 0 Å². The minimum atomic E-state index is -0.566. The van der Waals surface area contributed by atoms with Gasteiger partial charge in [-0.2, -0.15) is 0 Å². The van der Waals surface area contributed by atoms with Crippen molar-refractivity contribution in [2.24, 2.45) is 0 Å². The molecule has 0 radical (unpaired) electrons. The number of nitrogens with zero attached hydrogens (tertiary/aromatic N) is 1. The van der Waals surface area contributed by atoms with Crippen LogP contribution in [0, 0.1) is 26.2 Å². The lowest BCUT2D eigenvalue weighted by atomic mass is 10.0. The van der Waals surface area contributed by atoms with Crippen LogP contribution in [-0.2, 0) is 9.53 Å². The summed E-state index contributed by atoms with van der Waals surface area (Å²) in [4.78, 5) is 28.1. The van der Waals surface area contributed by atoms with Crippen LogP contribution < -0.4 is 5.32 Å². The minimum Gasteiger partial charge on any atom is -0.452 e. The number of aryl methyl sites for hydroxylation is 2. The Balaban J connectivity index is 2.21. The molecule has 1 aromatic heterocycles. The van der Waals surface area contributed by atoms with Crippen LogP contribution in [0.4, 0.5) is 0 Å². The fraction of sp³-hybridized carbons (Fsp3) is 0.235. The number of aromatic nitrogens is 1. The molecule has 22 heavy (non-hydrogen) atoms. The second kappa shape index (κ2) is 6.72. The Morgan fingerprint density at radius 1 is 1.32 bits per heavy atom. The van der Waals surface area contributed by atoms with Crippen LogP contribution in [0.1, 0.15) is 21.6 Å². The SMILES string of the molecule is C#CCNC(=O)COC(=O)c1c(C)nc2ccccc2c1C. The topological polar surface area (TPSA) is 68.3 Å². The number of carbonyl (C=O) groups excluding carboxylic acids is 2. The van der Waals surface area contributed by atoms with Gasteiger partial charge in [0.2, 0.25) is 0 Å². The van der Waals surface area contributed by atoms with Gasteiger partial charge >= 0.3 is 5.97 Å². The van der Waals surface area contributed by atoms with Crippen molar-refractivity contribution >= 4 is 22.8 Å². The molecular formula is C17H16N2O3. The zero-order valence-electron chi connectivity index (χ0n) is 12.5. The molecule has 0 aliphatic carbocycles. The van der Waals surface area contributed by atoms with Gasteiger partial charge in [-0.3, -0.25) is 9.78 Å². The van der Waals surface area contributed by atoms with Crippen LogP contribution in [-0.4, -0.2) is 30.0 Å². The molecule has 5 heteroatoms. The number of pyridine rings is 1. The first-order valence-corrected chi connectivity index (χ1v) is 6.77. The van der Waals surface area contributed by atoms with Crippen LogP contribution in [0.2, 0.25) is 0 Å². The molecular weight excluding hydrogens is 280 g/mol. The minimum absolute atomic E-state index is 0.103. The van der Waals surface area contributed by atoms with Crippen LogP contribution in [0.15, 0.2) is 24.3 Å². The predicted octanol–water partition coefficient (Wildman–Crippen LogP) is 1.76. The Bertz CT molecular complexity index is 775. The molecule has 1 amide bonds. The monoisotopic (exact) mass is 296 g/mol. The molecule has 1 aromatic carbocycles. The van der Waals surface area contributed by atoms with E-state index in [1.54, 1.807) is 6.92 Å². The fourth-order valence-electron chi connectivity index (χ4n) is 2.24. The Labute approximate surface area is 128 Å². The highest BCUT2D eigenvalue weighted by molar-refractivity contribution is 5.99. The van der Waals surface area contributed by atoms with Gasteiger partial charge < -0.3 is 10.1 Å². The molecule has 0 unspecified atom stereocenters. The van der Waals surface area contributed by atoms with Crippen molar-refractivity contribution < 1.29 is 14.3 Å². The summed E-state index contributed by atoms with van der Waals surface area (Å²) in [6, 6.07) is 7.56. The normalized spacial score (nSPS) is 10.0. The van der Waals surface area contributed by atoms with Crippen molar-refractivity contribution in [3.05, 3.63) is 41.1 Å². The first kappa shape index (κ1) is 15.5. The first-order chi connectivity index (χ1) is 10.5. The quantitative estimate of drug-likeness (QED) is 0.689. The summed E-state index contributed by atoms with van der Waals surface area (Å²) >= 11 is 0. The van der Waals surface area contributed by atoms with Crippen molar-refractivity contribution in [2.75, 3.05) is 13.2 Å². The Morgan fingerprint density at radius 2 is 2.05 bits per heavy atom. The number of esters is 1. The largest absolute Gasteiger partial charge is 0.452 e. The lowest BCUT2D eigenvalue weighted by Crippen LogP contribution is -2.29. The maximum Gasteiger partial charge on any atom is 0.340 e. The van der Waals surface area contributed by atoms with Crippen LogP contribution in [0.3, 0.4) is 0 Å². The van der Waals surface area contributed by atoms with Crippen LogP contribution in [0.25, 0.3) is 10.9 Å². The number of amides is 1. The third-order valence-electron chi connectivity index (χ3n) is 3.26. The van der Waals surface area contributed by atoms with E-state index in [2.05, 4.69) is 16.2 Å². The zero-order valence-corrected chi connectivity index (χ0v) is 12.5. The van der Waals surface area contributed by atoms with Crippen molar-refractivity contribution in [3.8, 4) is 12.3 Å². The maximum absolute atomic E-state index is 12.2. The van der Waals surface area contributed by atoms with E-state index < -0.39 is 11.9 Å². The van der Waals surface area contributed by atoms with E-state index >= 15 is 0 Å². The molecule has 5 nitrogen and oxygen atoms in total. The second-order valence-corrected chi connectivity index (χ2v) is 4.77. The van der Waals surface area contributed by atoms with Gasteiger partial charge in [-0.1, -0.05) is 24.1 Å². The van der Waals surface area contributed by atoms with E-state index in [-0.39, 0.29) is 13.2 Å². The summed E-state index contributed by atoms with van der Waals surface area (Å²) in [6.45, 7) is 3.32. The molecule has 1 heterocycles. The predicted molar refractivity (Wildman–Crippen MR) is 83.3 cm³/mol. The molecule has 0 aliphatic rings. The van der Waals surface area contributed by atoms with Gasteiger partial charge in [-0.05, 0) is 25.5 Å². The average molecular weight is 296 g/mol. The maximum atomic E-state index is 12.2. The highest BCUT2D eigenvalue weighted by Crippen LogP contribution is 2.23. The summed E-state index contributed by atoms with van der Waals surface area (Å²) in [6.07, 6.45) is 5.04. The van der Waals surface area contributed by atoms with Crippen LogP contribution >= 0.6 is 0 Å². The number of para-hydroxylation sites is 1. The number of benzene rings is 1. The summed E-state index contributed by atoms with van der Waals surface area (Å²) in [5, 5.41) is 3.32. The number of fused-ring (bicyclic) bond motifs is 1. The summed E-state index contributed by atoms with van der Waals surface area (Å²) < 4.78 is 5.04. The molecule has 112 valence electrons. The number of hydrogen-bond donors (Lipinski definition) is 1. The zero-order chi connectivity index (χ0) is 16.1. The van der Waals surface area contributed by atoms with Crippen LogP contribution in [0.5, 0.6) is 0 Å². The molecule has 2 aromatic rings. The summed E-state index contributed by atoms with van der Waals surface area (Å²) in [5.41, 5.74) is 2.58. The van der Waals surface area contributed by atoms with Crippen molar-refractivity contribution in [1.82, 2.24) is 10.3 Å². The highest BCUT2D eigenvalue weighted by atomic mass is 16.5. The molecule has 2 rings (SSSR count). The average Bonchev–Trinajstić information content (AvgIpc) is 2.51. The van der Waals surface area contributed by atoms with Gasteiger partial charge in [-0.25, -0.2) is 4.79 Å².